The average Bonchev–Trinajstić information content (AvgIpc) is 3.42. The van der Waals surface area contributed by atoms with Crippen molar-refractivity contribution in [2.45, 2.75) is 6.92 Å². The summed E-state index contributed by atoms with van der Waals surface area (Å²) in [6.45, 7) is 1.84. The minimum absolute atomic E-state index is 0.271. The van der Waals surface area contributed by atoms with Gasteiger partial charge in [-0.25, -0.2) is 9.50 Å². The SMILES string of the molecule is COc1ccc2ncc(C(=O)Nc3ccc(NC(=O)c4nn(C)c5ccccc45)cc3C)n2n1. The zero-order valence-electron chi connectivity index (χ0n) is 18.7. The minimum Gasteiger partial charge on any atom is -0.480 e. The number of carbonyl (C=O) groups is 2. The Labute approximate surface area is 194 Å². The van der Waals surface area contributed by atoms with Gasteiger partial charge in [-0.15, -0.1) is 5.10 Å². The molecule has 0 bridgehead atoms. The predicted molar refractivity (Wildman–Crippen MR) is 127 cm³/mol. The molecule has 34 heavy (non-hydrogen) atoms. The van der Waals surface area contributed by atoms with Gasteiger partial charge in [-0.2, -0.15) is 5.10 Å². The number of imidazole rings is 1. The zero-order valence-corrected chi connectivity index (χ0v) is 18.7. The molecule has 5 aromatic rings. The lowest BCUT2D eigenvalue weighted by molar-refractivity contribution is 0.101. The fourth-order valence-corrected chi connectivity index (χ4v) is 3.76. The highest BCUT2D eigenvalue weighted by atomic mass is 16.5. The van der Waals surface area contributed by atoms with Gasteiger partial charge in [-0.05, 0) is 42.8 Å². The number of fused-ring (bicyclic) bond motifs is 2. The normalized spacial score (nSPS) is 11.0. The summed E-state index contributed by atoms with van der Waals surface area (Å²) < 4.78 is 8.24. The predicted octanol–water partition coefficient (Wildman–Crippen LogP) is 3.44. The number of benzene rings is 2. The Morgan fingerprint density at radius 2 is 1.79 bits per heavy atom. The van der Waals surface area contributed by atoms with E-state index < -0.39 is 0 Å². The van der Waals surface area contributed by atoms with Gasteiger partial charge in [-0.1, -0.05) is 18.2 Å². The van der Waals surface area contributed by atoms with E-state index in [4.69, 9.17) is 4.74 Å². The lowest BCUT2D eigenvalue weighted by Gasteiger charge is -2.11. The smallest absolute Gasteiger partial charge is 0.276 e. The molecule has 2 aromatic carbocycles. The fraction of sp³-hybridized carbons (Fsp3) is 0.125. The molecule has 2 amide bonds. The Bertz CT molecular complexity index is 1570. The van der Waals surface area contributed by atoms with Gasteiger partial charge in [0.05, 0.1) is 18.8 Å². The molecule has 10 heteroatoms. The summed E-state index contributed by atoms with van der Waals surface area (Å²) in [5, 5.41) is 15.1. The Balaban J connectivity index is 1.35. The largest absolute Gasteiger partial charge is 0.480 e. The molecule has 0 radical (unpaired) electrons. The lowest BCUT2D eigenvalue weighted by atomic mass is 10.1. The maximum atomic E-state index is 12.9. The summed E-state index contributed by atoms with van der Waals surface area (Å²) in [6.07, 6.45) is 1.46. The van der Waals surface area contributed by atoms with Crippen LogP contribution >= 0.6 is 0 Å². The molecule has 0 aliphatic carbocycles. The number of ether oxygens (including phenoxy) is 1. The molecule has 3 heterocycles. The maximum Gasteiger partial charge on any atom is 0.276 e. The number of hydrogen-bond donors (Lipinski definition) is 2. The summed E-state index contributed by atoms with van der Waals surface area (Å²) in [4.78, 5) is 30.0. The number of amides is 2. The van der Waals surface area contributed by atoms with Gasteiger partial charge in [0, 0.05) is 29.9 Å². The van der Waals surface area contributed by atoms with Crippen LogP contribution in [0.1, 0.15) is 26.5 Å². The molecule has 0 aliphatic heterocycles. The van der Waals surface area contributed by atoms with Gasteiger partial charge in [0.15, 0.2) is 17.0 Å². The number of rotatable bonds is 5. The lowest BCUT2D eigenvalue weighted by Crippen LogP contribution is -2.17. The molecular weight excluding hydrogens is 434 g/mol. The van der Waals surface area contributed by atoms with E-state index in [1.54, 1.807) is 42.1 Å². The van der Waals surface area contributed by atoms with E-state index in [1.165, 1.54) is 17.8 Å². The van der Waals surface area contributed by atoms with Crippen LogP contribution in [0.5, 0.6) is 5.88 Å². The van der Waals surface area contributed by atoms with Crippen LogP contribution in [0, 0.1) is 6.92 Å². The zero-order chi connectivity index (χ0) is 23.8. The van der Waals surface area contributed by atoms with Crippen molar-refractivity contribution in [2.24, 2.45) is 7.05 Å². The van der Waals surface area contributed by atoms with Crippen molar-refractivity contribution >= 4 is 39.7 Å². The van der Waals surface area contributed by atoms with E-state index in [2.05, 4.69) is 25.8 Å². The second kappa shape index (κ2) is 8.32. The second-order valence-electron chi connectivity index (χ2n) is 7.72. The molecule has 0 aliphatic rings. The Morgan fingerprint density at radius 3 is 2.59 bits per heavy atom. The number of para-hydroxylation sites is 1. The number of anilines is 2. The van der Waals surface area contributed by atoms with E-state index in [9.17, 15) is 9.59 Å². The molecule has 0 atom stereocenters. The van der Waals surface area contributed by atoms with Crippen LogP contribution in [-0.2, 0) is 7.05 Å². The number of methoxy groups -OCH3 is 1. The van der Waals surface area contributed by atoms with Gasteiger partial charge in [0.1, 0.15) is 0 Å². The van der Waals surface area contributed by atoms with Crippen LogP contribution in [0.4, 0.5) is 11.4 Å². The minimum atomic E-state index is -0.368. The van der Waals surface area contributed by atoms with Crippen LogP contribution < -0.4 is 15.4 Å². The molecule has 10 nitrogen and oxygen atoms in total. The van der Waals surface area contributed by atoms with Crippen LogP contribution in [0.25, 0.3) is 16.6 Å². The summed E-state index contributed by atoms with van der Waals surface area (Å²) in [5.41, 5.74) is 4.00. The first-order valence-electron chi connectivity index (χ1n) is 10.5. The summed E-state index contributed by atoms with van der Waals surface area (Å²) in [5.74, 6) is -0.302. The van der Waals surface area contributed by atoms with Gasteiger partial charge in [0.25, 0.3) is 11.8 Å². The first-order chi connectivity index (χ1) is 16.4. The van der Waals surface area contributed by atoms with Crippen molar-refractivity contribution in [3.8, 4) is 5.88 Å². The highest BCUT2D eigenvalue weighted by Gasteiger charge is 2.18. The van der Waals surface area contributed by atoms with Gasteiger partial charge in [-0.3, -0.25) is 14.3 Å². The van der Waals surface area contributed by atoms with Crippen molar-refractivity contribution in [1.82, 2.24) is 24.4 Å². The van der Waals surface area contributed by atoms with Crippen molar-refractivity contribution in [3.05, 3.63) is 77.7 Å². The molecule has 0 unspecified atom stereocenters. The van der Waals surface area contributed by atoms with E-state index in [1.807, 2.05) is 31.2 Å². The van der Waals surface area contributed by atoms with Crippen LogP contribution in [-0.4, -0.2) is 43.3 Å². The molecule has 0 saturated carbocycles. The van der Waals surface area contributed by atoms with E-state index in [-0.39, 0.29) is 17.5 Å². The molecule has 0 saturated heterocycles. The van der Waals surface area contributed by atoms with Crippen molar-refractivity contribution < 1.29 is 14.3 Å². The molecule has 5 rings (SSSR count). The third kappa shape index (κ3) is 3.71. The van der Waals surface area contributed by atoms with Crippen molar-refractivity contribution in [2.75, 3.05) is 17.7 Å². The number of aryl methyl sites for hydroxylation is 2. The molecule has 3 aromatic heterocycles. The Hall–Kier alpha value is -4.73. The highest BCUT2D eigenvalue weighted by molar-refractivity contribution is 6.11. The summed E-state index contributed by atoms with van der Waals surface area (Å²) in [6, 6.07) is 16.2. The van der Waals surface area contributed by atoms with Gasteiger partial charge in [0.2, 0.25) is 5.88 Å². The van der Waals surface area contributed by atoms with Crippen molar-refractivity contribution in [3.63, 3.8) is 0 Å². The standard InChI is InChI=1S/C24H21N7O3/c1-14-12-15(26-24(33)22-16-6-4-5-7-18(16)30(2)29-22)8-9-17(14)27-23(32)19-13-25-20-10-11-21(34-3)28-31(19)20/h4-13H,1-3H3,(H,26,33)(H,27,32). The average molecular weight is 455 g/mol. The Morgan fingerprint density at radius 1 is 0.971 bits per heavy atom. The quantitative estimate of drug-likeness (QED) is 0.420. The molecule has 170 valence electrons. The van der Waals surface area contributed by atoms with Crippen LogP contribution in [0.15, 0.2) is 60.8 Å². The number of nitrogens with one attached hydrogen (secondary N) is 2. The number of carbonyl (C=O) groups excluding carboxylic acids is 2. The van der Waals surface area contributed by atoms with Crippen LogP contribution in [0.2, 0.25) is 0 Å². The molecule has 0 spiro atoms. The number of nitrogens with zero attached hydrogens (tertiary/aromatic N) is 5. The third-order valence-corrected chi connectivity index (χ3v) is 5.48. The highest BCUT2D eigenvalue weighted by Crippen LogP contribution is 2.23. The van der Waals surface area contributed by atoms with Crippen molar-refractivity contribution in [1.29, 1.82) is 0 Å². The fourth-order valence-electron chi connectivity index (χ4n) is 3.76. The van der Waals surface area contributed by atoms with Gasteiger partial charge >= 0.3 is 0 Å². The van der Waals surface area contributed by atoms with E-state index in [0.29, 0.717) is 28.6 Å². The maximum absolute atomic E-state index is 12.9. The van der Waals surface area contributed by atoms with Gasteiger partial charge < -0.3 is 15.4 Å². The first kappa shape index (κ1) is 21.1. The monoisotopic (exact) mass is 455 g/mol. The topological polar surface area (TPSA) is 115 Å². The second-order valence-corrected chi connectivity index (χ2v) is 7.72. The van der Waals surface area contributed by atoms with Crippen LogP contribution in [0.3, 0.4) is 0 Å². The number of aromatic nitrogens is 5. The van der Waals surface area contributed by atoms with E-state index >= 15 is 0 Å². The third-order valence-electron chi connectivity index (χ3n) is 5.48. The Kier molecular flexibility index (Phi) is 5.17. The number of hydrogen-bond acceptors (Lipinski definition) is 6. The summed E-state index contributed by atoms with van der Waals surface area (Å²) >= 11 is 0. The first-order valence-corrected chi connectivity index (χ1v) is 10.5. The van der Waals surface area contributed by atoms with E-state index in [0.717, 1.165) is 16.5 Å². The molecule has 2 N–H and O–H groups in total. The summed E-state index contributed by atoms with van der Waals surface area (Å²) in [7, 11) is 3.31. The molecule has 0 fully saturated rings. The molecular formula is C24H21N7O3.